The zero-order valence-electron chi connectivity index (χ0n) is 9.14. The third-order valence-corrected chi connectivity index (χ3v) is 4.38. The number of aryl methyl sites for hydroxylation is 2. The summed E-state index contributed by atoms with van der Waals surface area (Å²) in [5.74, 6) is -0.250. The van der Waals surface area contributed by atoms with Gasteiger partial charge in [0.1, 0.15) is 22.2 Å². The average Bonchev–Trinajstić information content (AvgIpc) is 2.72. The van der Waals surface area contributed by atoms with Crippen LogP contribution >= 0.6 is 22.9 Å². The Morgan fingerprint density at radius 2 is 2.00 bits per heavy atom. The number of hydrogen-bond donors (Lipinski definition) is 0. The van der Waals surface area contributed by atoms with Gasteiger partial charge in [-0.3, -0.25) is 0 Å². The summed E-state index contributed by atoms with van der Waals surface area (Å²) in [4.78, 5) is 9.53. The third kappa shape index (κ3) is 2.07. The molecular formula is C11H8ClF3N2S. The van der Waals surface area contributed by atoms with Gasteiger partial charge in [-0.25, -0.2) is 9.97 Å². The van der Waals surface area contributed by atoms with Crippen LogP contribution in [-0.2, 0) is 19.3 Å². The molecule has 0 spiro atoms. The Bertz CT molecular complexity index is 621. The first-order chi connectivity index (χ1) is 8.44. The highest BCUT2D eigenvalue weighted by molar-refractivity contribution is 7.19. The lowest BCUT2D eigenvalue weighted by Gasteiger charge is -2.05. The topological polar surface area (TPSA) is 25.8 Å². The molecule has 0 aliphatic heterocycles. The molecule has 0 radical (unpaired) electrons. The van der Waals surface area contributed by atoms with Gasteiger partial charge in [-0.15, -0.1) is 11.3 Å². The van der Waals surface area contributed by atoms with E-state index >= 15 is 0 Å². The Hall–Kier alpha value is -0.880. The number of aromatic nitrogens is 2. The van der Waals surface area contributed by atoms with Crippen molar-refractivity contribution in [2.75, 3.05) is 0 Å². The van der Waals surface area contributed by atoms with Crippen LogP contribution in [-0.4, -0.2) is 16.1 Å². The fraction of sp³-hybridized carbons (Fsp3) is 0.455. The fourth-order valence-electron chi connectivity index (χ4n) is 2.25. The van der Waals surface area contributed by atoms with Crippen molar-refractivity contribution in [2.24, 2.45) is 0 Å². The van der Waals surface area contributed by atoms with Crippen molar-refractivity contribution >= 4 is 33.2 Å². The van der Waals surface area contributed by atoms with Crippen molar-refractivity contribution in [3.05, 3.63) is 21.4 Å². The summed E-state index contributed by atoms with van der Waals surface area (Å²) in [6, 6.07) is 0. The van der Waals surface area contributed by atoms with Crippen molar-refractivity contribution < 1.29 is 13.2 Å². The highest BCUT2D eigenvalue weighted by atomic mass is 35.5. The Morgan fingerprint density at radius 3 is 2.72 bits per heavy atom. The number of fused-ring (bicyclic) bond motifs is 3. The quantitative estimate of drug-likeness (QED) is 0.744. The zero-order valence-corrected chi connectivity index (χ0v) is 10.7. The van der Waals surface area contributed by atoms with Gasteiger partial charge in [0.25, 0.3) is 0 Å². The summed E-state index contributed by atoms with van der Waals surface area (Å²) in [6.45, 7) is 0. The third-order valence-electron chi connectivity index (χ3n) is 2.93. The first kappa shape index (κ1) is 12.2. The maximum atomic E-state index is 12.3. The Labute approximate surface area is 110 Å². The molecule has 0 bridgehead atoms. The second-order valence-electron chi connectivity index (χ2n) is 4.26. The molecule has 0 fully saturated rings. The van der Waals surface area contributed by atoms with Gasteiger partial charge in [0.2, 0.25) is 0 Å². The Kier molecular flexibility index (Phi) is 2.75. The molecule has 0 aromatic carbocycles. The molecule has 0 saturated heterocycles. The van der Waals surface area contributed by atoms with E-state index in [0.29, 0.717) is 4.83 Å². The Balaban J connectivity index is 2.12. The zero-order chi connectivity index (χ0) is 12.9. The second-order valence-corrected chi connectivity index (χ2v) is 5.70. The van der Waals surface area contributed by atoms with E-state index in [0.717, 1.165) is 30.2 Å². The predicted octanol–water partition coefficient (Wildman–Crippen LogP) is 3.94. The minimum atomic E-state index is -4.31. The van der Waals surface area contributed by atoms with Crippen LogP contribution in [0.2, 0.25) is 5.15 Å². The van der Waals surface area contributed by atoms with Crippen molar-refractivity contribution in [2.45, 2.75) is 31.9 Å². The van der Waals surface area contributed by atoms with Gasteiger partial charge in [-0.2, -0.15) is 13.2 Å². The van der Waals surface area contributed by atoms with E-state index in [1.54, 1.807) is 0 Å². The molecular weight excluding hydrogens is 285 g/mol. The fourth-order valence-corrected chi connectivity index (χ4v) is 3.89. The van der Waals surface area contributed by atoms with Crippen molar-refractivity contribution in [3.63, 3.8) is 0 Å². The number of nitrogens with zero attached hydrogens (tertiary/aromatic N) is 2. The van der Waals surface area contributed by atoms with Crippen LogP contribution in [0.5, 0.6) is 0 Å². The summed E-state index contributed by atoms with van der Waals surface area (Å²) in [5.41, 5.74) is 1.12. The summed E-state index contributed by atoms with van der Waals surface area (Å²) in [5, 5.41) is 0.902. The highest BCUT2D eigenvalue weighted by Gasteiger charge is 2.30. The van der Waals surface area contributed by atoms with E-state index in [1.165, 1.54) is 16.2 Å². The molecule has 3 rings (SSSR count). The maximum absolute atomic E-state index is 12.3. The molecule has 0 N–H and O–H groups in total. The van der Waals surface area contributed by atoms with E-state index in [-0.39, 0.29) is 11.0 Å². The van der Waals surface area contributed by atoms with E-state index in [9.17, 15) is 13.2 Å². The number of alkyl halides is 3. The predicted molar refractivity (Wildman–Crippen MR) is 64.2 cm³/mol. The summed E-state index contributed by atoms with van der Waals surface area (Å²) < 4.78 is 36.9. The molecule has 18 heavy (non-hydrogen) atoms. The summed E-state index contributed by atoms with van der Waals surface area (Å²) in [6.07, 6.45) is -2.50. The maximum Gasteiger partial charge on any atom is 0.396 e. The van der Waals surface area contributed by atoms with Crippen LogP contribution < -0.4 is 0 Å². The SMILES string of the molecule is FC(F)(F)Cc1nc(Cl)c2c3c(sc2n1)CCC3. The van der Waals surface area contributed by atoms with Crippen LogP contribution in [0.3, 0.4) is 0 Å². The van der Waals surface area contributed by atoms with E-state index in [2.05, 4.69) is 9.97 Å². The van der Waals surface area contributed by atoms with Crippen molar-refractivity contribution in [1.82, 2.24) is 9.97 Å². The first-order valence-corrected chi connectivity index (χ1v) is 6.67. The second kappa shape index (κ2) is 4.06. The number of thiophene rings is 1. The minimum Gasteiger partial charge on any atom is -0.222 e. The molecule has 2 nitrogen and oxygen atoms in total. The highest BCUT2D eigenvalue weighted by Crippen LogP contribution is 2.39. The number of halogens is 4. The lowest BCUT2D eigenvalue weighted by Crippen LogP contribution is -2.14. The molecule has 1 aliphatic rings. The molecule has 0 atom stereocenters. The van der Waals surface area contributed by atoms with Gasteiger partial charge in [-0.1, -0.05) is 11.6 Å². The molecule has 96 valence electrons. The molecule has 0 amide bonds. The van der Waals surface area contributed by atoms with Gasteiger partial charge in [0.15, 0.2) is 0 Å². The minimum absolute atomic E-state index is 0.152. The van der Waals surface area contributed by atoms with Crippen LogP contribution in [0.1, 0.15) is 22.7 Å². The summed E-state index contributed by atoms with van der Waals surface area (Å²) >= 11 is 7.44. The Morgan fingerprint density at radius 1 is 1.22 bits per heavy atom. The van der Waals surface area contributed by atoms with Gasteiger partial charge < -0.3 is 0 Å². The van der Waals surface area contributed by atoms with Gasteiger partial charge in [0, 0.05) is 4.88 Å². The number of hydrogen-bond acceptors (Lipinski definition) is 3. The van der Waals surface area contributed by atoms with Crippen LogP contribution in [0.25, 0.3) is 10.2 Å². The molecule has 2 aromatic heterocycles. The van der Waals surface area contributed by atoms with Crippen molar-refractivity contribution in [3.8, 4) is 0 Å². The largest absolute Gasteiger partial charge is 0.396 e. The van der Waals surface area contributed by atoms with E-state index in [1.807, 2.05) is 0 Å². The molecule has 0 unspecified atom stereocenters. The average molecular weight is 293 g/mol. The first-order valence-electron chi connectivity index (χ1n) is 5.47. The van der Waals surface area contributed by atoms with E-state index < -0.39 is 12.6 Å². The summed E-state index contributed by atoms with van der Waals surface area (Å²) in [7, 11) is 0. The van der Waals surface area contributed by atoms with Crippen LogP contribution in [0.15, 0.2) is 0 Å². The standard InChI is InChI=1S/C11H8ClF3N2S/c12-9-8-5-2-1-3-6(5)18-10(8)17-7(16-9)4-11(13,14)15/h1-4H2. The monoisotopic (exact) mass is 292 g/mol. The molecule has 7 heteroatoms. The van der Waals surface area contributed by atoms with Crippen molar-refractivity contribution in [1.29, 1.82) is 0 Å². The smallest absolute Gasteiger partial charge is 0.222 e. The normalized spacial score (nSPS) is 15.3. The molecule has 2 aromatic rings. The number of rotatable bonds is 1. The molecule has 1 aliphatic carbocycles. The van der Waals surface area contributed by atoms with Crippen LogP contribution in [0, 0.1) is 0 Å². The molecule has 0 saturated carbocycles. The van der Waals surface area contributed by atoms with Crippen LogP contribution in [0.4, 0.5) is 13.2 Å². The van der Waals surface area contributed by atoms with Gasteiger partial charge in [-0.05, 0) is 24.8 Å². The lowest BCUT2D eigenvalue weighted by molar-refractivity contribution is -0.128. The van der Waals surface area contributed by atoms with E-state index in [4.69, 9.17) is 11.6 Å². The molecule has 2 heterocycles. The lowest BCUT2D eigenvalue weighted by atomic mass is 10.2. The van der Waals surface area contributed by atoms with Gasteiger partial charge in [0.05, 0.1) is 5.39 Å². The van der Waals surface area contributed by atoms with Gasteiger partial charge >= 0.3 is 6.18 Å².